The van der Waals surface area contributed by atoms with Crippen molar-refractivity contribution in [1.82, 2.24) is 13.9 Å². The van der Waals surface area contributed by atoms with E-state index in [1.165, 1.54) is 4.57 Å². The minimum atomic E-state index is -0.320. The van der Waals surface area contributed by atoms with Gasteiger partial charge in [-0.1, -0.05) is 30.4 Å². The van der Waals surface area contributed by atoms with Crippen LogP contribution in [0.3, 0.4) is 0 Å². The van der Waals surface area contributed by atoms with Gasteiger partial charge in [0.2, 0.25) is 0 Å². The van der Waals surface area contributed by atoms with Gasteiger partial charge in [-0.2, -0.15) is 0 Å². The molecule has 6 atom stereocenters. The van der Waals surface area contributed by atoms with Gasteiger partial charge in [-0.25, -0.2) is 23.5 Å². The first kappa shape index (κ1) is 14.6. The molecule has 2 bridgehead atoms. The normalized spacial score (nSPS) is 47.0. The molecule has 0 unspecified atom stereocenters. The molecule has 3 fully saturated rings. The molecule has 4 aliphatic heterocycles. The molecule has 1 aromatic heterocycles. The van der Waals surface area contributed by atoms with Gasteiger partial charge in [-0.15, -0.1) is 0 Å². The summed E-state index contributed by atoms with van der Waals surface area (Å²) in [7, 11) is 0. The molecule has 7 heteroatoms. The summed E-state index contributed by atoms with van der Waals surface area (Å²) < 4.78 is 16.9. The number of nitrogens with zero attached hydrogens (tertiary/aromatic N) is 3. The highest BCUT2D eigenvalue weighted by Gasteiger charge is 3.02. The van der Waals surface area contributed by atoms with Gasteiger partial charge in [0.15, 0.2) is 0 Å². The van der Waals surface area contributed by atoms with E-state index in [-0.39, 0.29) is 45.5 Å². The maximum atomic E-state index is 13.4. The van der Waals surface area contributed by atoms with Crippen LogP contribution in [0.5, 0.6) is 0 Å². The number of benzene rings is 1. The van der Waals surface area contributed by atoms with E-state index in [9.17, 15) is 9.59 Å². The van der Waals surface area contributed by atoms with Crippen molar-refractivity contribution in [3.8, 4) is 5.69 Å². The van der Waals surface area contributed by atoms with Crippen molar-refractivity contribution in [1.29, 1.82) is 0 Å². The highest BCUT2D eigenvalue weighted by atomic mass is 16.7. The predicted octanol–water partition coefficient (Wildman–Crippen LogP) is 1.03. The van der Waals surface area contributed by atoms with E-state index in [0.29, 0.717) is 18.9 Å². The standard InChI is InChI=1S/C20H19N3O4/c1-17-18(2,27-17)20-11-26-10-19(17,20)13-8-9-14(20)23-16(25)21(15(24)22(13)23)12-6-4-3-5-7-12/h3-9,13-14H,10-11H2,1-2H3/t13-,14+,17+,18-,19-,20+. The molecule has 1 saturated carbocycles. The lowest BCUT2D eigenvalue weighted by Gasteiger charge is -2.67. The van der Waals surface area contributed by atoms with Crippen molar-refractivity contribution < 1.29 is 9.47 Å². The first-order chi connectivity index (χ1) is 12.9. The van der Waals surface area contributed by atoms with E-state index in [1.54, 1.807) is 21.5 Å². The van der Waals surface area contributed by atoms with E-state index in [0.717, 1.165) is 0 Å². The Hall–Kier alpha value is -2.38. The van der Waals surface area contributed by atoms with Crippen LogP contribution in [0.15, 0.2) is 52.1 Å². The smallest absolute Gasteiger partial charge is 0.352 e. The van der Waals surface area contributed by atoms with E-state index in [2.05, 4.69) is 26.0 Å². The second kappa shape index (κ2) is 3.77. The average Bonchev–Trinajstić information content (AvgIpc) is 3.01. The van der Waals surface area contributed by atoms with Crippen LogP contribution in [0.25, 0.3) is 5.69 Å². The number of fused-ring (bicyclic) bond motifs is 1. The third-order valence-corrected chi connectivity index (χ3v) is 8.47. The summed E-state index contributed by atoms with van der Waals surface area (Å²) in [6.07, 6.45) is 4.17. The van der Waals surface area contributed by atoms with Gasteiger partial charge >= 0.3 is 11.4 Å². The lowest BCUT2D eigenvalue weighted by atomic mass is 9.34. The van der Waals surface area contributed by atoms with Crippen molar-refractivity contribution in [2.75, 3.05) is 13.2 Å². The molecule has 6 aliphatic rings. The van der Waals surface area contributed by atoms with Crippen LogP contribution >= 0.6 is 0 Å². The van der Waals surface area contributed by atoms with Gasteiger partial charge in [-0.05, 0) is 26.0 Å². The number of ether oxygens (including phenoxy) is 2. The molecule has 2 aliphatic carbocycles. The second-order valence-electron chi connectivity index (χ2n) is 8.80. The van der Waals surface area contributed by atoms with Crippen LogP contribution in [-0.2, 0) is 9.47 Å². The fraction of sp³-hybridized carbons (Fsp3) is 0.500. The zero-order chi connectivity index (χ0) is 18.4. The molecule has 0 spiro atoms. The highest BCUT2D eigenvalue weighted by Crippen LogP contribution is 2.91. The van der Waals surface area contributed by atoms with Crippen molar-refractivity contribution in [2.24, 2.45) is 10.8 Å². The van der Waals surface area contributed by atoms with Crippen LogP contribution in [-0.4, -0.2) is 38.3 Å². The Morgan fingerprint density at radius 2 is 1.41 bits per heavy atom. The SMILES string of the molecule is C[C@]12O[C@@]1(C)[C@@]13COC[C@@]21[C@H]1C=C[C@@H]3n2c(=O)n(-c3ccccc3)c(=O)n21. The van der Waals surface area contributed by atoms with Gasteiger partial charge in [-0.3, -0.25) is 0 Å². The number of aromatic nitrogens is 3. The monoisotopic (exact) mass is 365 g/mol. The maximum Gasteiger partial charge on any atom is 0.352 e. The first-order valence-electron chi connectivity index (χ1n) is 9.42. The molecule has 8 rings (SSSR count). The van der Waals surface area contributed by atoms with Crippen molar-refractivity contribution >= 4 is 0 Å². The summed E-state index contributed by atoms with van der Waals surface area (Å²) in [6, 6.07) is 8.66. The molecule has 7 nitrogen and oxygen atoms in total. The summed E-state index contributed by atoms with van der Waals surface area (Å²) in [4.78, 5) is 26.8. The molecule has 27 heavy (non-hydrogen) atoms. The van der Waals surface area contributed by atoms with E-state index >= 15 is 0 Å². The summed E-state index contributed by atoms with van der Waals surface area (Å²) in [5.41, 5.74) is -1.22. The first-order valence-corrected chi connectivity index (χ1v) is 9.42. The van der Waals surface area contributed by atoms with Crippen molar-refractivity contribution in [2.45, 2.75) is 37.1 Å². The van der Waals surface area contributed by atoms with Crippen LogP contribution < -0.4 is 11.4 Å². The number of para-hydroxylation sites is 1. The largest absolute Gasteiger partial charge is 0.380 e. The number of epoxide rings is 1. The van der Waals surface area contributed by atoms with Crippen LogP contribution in [0.2, 0.25) is 0 Å². The summed E-state index contributed by atoms with van der Waals surface area (Å²) in [6.45, 7) is 5.38. The molecule has 138 valence electrons. The maximum absolute atomic E-state index is 13.4. The molecule has 1 aromatic carbocycles. The lowest BCUT2D eigenvalue weighted by molar-refractivity contribution is -0.165. The molecule has 2 aromatic rings. The average molecular weight is 365 g/mol. The van der Waals surface area contributed by atoms with Crippen LogP contribution in [0.4, 0.5) is 0 Å². The Balaban J connectivity index is 1.57. The summed E-state index contributed by atoms with van der Waals surface area (Å²) in [5.74, 6) is 0. The van der Waals surface area contributed by atoms with E-state index < -0.39 is 0 Å². The molecule has 5 heterocycles. The summed E-state index contributed by atoms with van der Waals surface area (Å²) >= 11 is 0. The Morgan fingerprint density at radius 3 is 1.93 bits per heavy atom. The quantitative estimate of drug-likeness (QED) is 0.559. The fourth-order valence-electron chi connectivity index (χ4n) is 7.27. The molecule has 0 N–H and O–H groups in total. The Morgan fingerprint density at radius 1 is 0.889 bits per heavy atom. The number of allylic oxidation sites excluding steroid dienone is 2. The van der Waals surface area contributed by atoms with Gasteiger partial charge in [0.25, 0.3) is 0 Å². The topological polar surface area (TPSA) is 70.7 Å². The fourth-order valence-corrected chi connectivity index (χ4v) is 7.27. The van der Waals surface area contributed by atoms with Gasteiger partial charge in [0, 0.05) is 0 Å². The lowest BCUT2D eigenvalue weighted by Crippen LogP contribution is -2.79. The third-order valence-electron chi connectivity index (χ3n) is 8.47. The summed E-state index contributed by atoms with van der Waals surface area (Å²) in [5, 5.41) is 0. The van der Waals surface area contributed by atoms with Crippen molar-refractivity contribution in [3.63, 3.8) is 0 Å². The Labute approximate surface area is 154 Å². The Bertz CT molecular complexity index is 1120. The predicted molar refractivity (Wildman–Crippen MR) is 95.1 cm³/mol. The number of hydrogen-bond donors (Lipinski definition) is 0. The third kappa shape index (κ3) is 1.05. The number of rotatable bonds is 1. The van der Waals surface area contributed by atoms with E-state index in [1.807, 2.05) is 18.2 Å². The molecule has 0 amide bonds. The molecule has 0 radical (unpaired) electrons. The van der Waals surface area contributed by atoms with Gasteiger partial charge in [0.1, 0.15) is 11.2 Å². The van der Waals surface area contributed by atoms with Crippen LogP contribution in [0, 0.1) is 10.8 Å². The van der Waals surface area contributed by atoms with Gasteiger partial charge in [0.05, 0.1) is 41.8 Å². The van der Waals surface area contributed by atoms with Crippen LogP contribution in [0.1, 0.15) is 25.9 Å². The second-order valence-corrected chi connectivity index (χ2v) is 8.80. The Kier molecular flexibility index (Phi) is 2.05. The minimum Gasteiger partial charge on any atom is -0.380 e. The molecular formula is C20H19N3O4. The van der Waals surface area contributed by atoms with E-state index in [4.69, 9.17) is 9.47 Å². The molecular weight excluding hydrogens is 346 g/mol. The minimum absolute atomic E-state index is 0.240. The number of hydrogen-bond acceptors (Lipinski definition) is 4. The molecule has 2 saturated heterocycles. The van der Waals surface area contributed by atoms with Gasteiger partial charge < -0.3 is 9.47 Å². The zero-order valence-corrected chi connectivity index (χ0v) is 15.1. The zero-order valence-electron chi connectivity index (χ0n) is 15.1. The highest BCUT2D eigenvalue weighted by molar-refractivity contribution is 5.51. The van der Waals surface area contributed by atoms with Crippen molar-refractivity contribution in [3.05, 3.63) is 63.5 Å².